The minimum atomic E-state index is -0.417. The van der Waals surface area contributed by atoms with Crippen molar-refractivity contribution in [1.29, 1.82) is 0 Å². The van der Waals surface area contributed by atoms with Gasteiger partial charge in [-0.3, -0.25) is 0 Å². The highest BCUT2D eigenvalue weighted by molar-refractivity contribution is 9.09. The number of hydrogen-bond donors (Lipinski definition) is 0. The van der Waals surface area contributed by atoms with Crippen molar-refractivity contribution in [3.63, 3.8) is 0 Å². The van der Waals surface area contributed by atoms with Gasteiger partial charge in [0.05, 0.1) is 0 Å². The summed E-state index contributed by atoms with van der Waals surface area (Å²) in [7, 11) is 0. The van der Waals surface area contributed by atoms with E-state index in [1.807, 2.05) is 13.8 Å². The van der Waals surface area contributed by atoms with Crippen LogP contribution in [-0.4, -0.2) is 10.9 Å². The predicted octanol–water partition coefficient (Wildman–Crippen LogP) is 2.37. The van der Waals surface area contributed by atoms with Crippen LogP contribution in [0.2, 0.25) is 0 Å². The third kappa shape index (κ3) is 3.44. The third-order valence-electron chi connectivity index (χ3n) is 1.09. The second-order valence-electron chi connectivity index (χ2n) is 2.00. The van der Waals surface area contributed by atoms with Crippen LogP contribution < -0.4 is 0 Å². The molecule has 2 unspecified atom stereocenters. The molecule has 1 radical (unpaired) electrons. The summed E-state index contributed by atoms with van der Waals surface area (Å²) < 4.78 is 0. The van der Waals surface area contributed by atoms with Gasteiger partial charge in [0.2, 0.25) is 0 Å². The summed E-state index contributed by atoms with van der Waals surface area (Å²) in [6, 6.07) is 0. The molecule has 0 aliphatic rings. The Morgan fingerprint density at radius 3 is 2.25 bits per heavy atom. The predicted molar refractivity (Wildman–Crippen MR) is 37.8 cm³/mol. The number of hydrogen-bond acceptors (Lipinski definition) is 0. The molecule has 0 rings (SSSR count). The smallest absolute Gasteiger partial charge is 0.105 e. The molecule has 0 aromatic carbocycles. The van der Waals surface area contributed by atoms with Crippen molar-refractivity contribution in [2.24, 2.45) is 0 Å². The van der Waals surface area contributed by atoms with E-state index in [1.165, 1.54) is 0 Å². The standard InChI is InChI=1S/C6H12BrO/c1-3-4-6(8)5(2)7/h5-6H,3-4H2,1-2H3. The molecule has 49 valence electrons. The Kier molecular flexibility index (Phi) is 4.57. The van der Waals surface area contributed by atoms with Gasteiger partial charge in [0.1, 0.15) is 6.10 Å². The lowest BCUT2D eigenvalue weighted by Crippen LogP contribution is -2.14. The fraction of sp³-hybridized carbons (Fsp3) is 1.00. The highest BCUT2D eigenvalue weighted by Gasteiger charge is 2.09. The van der Waals surface area contributed by atoms with Gasteiger partial charge in [0.15, 0.2) is 0 Å². The first-order valence-electron chi connectivity index (χ1n) is 2.98. The maximum absolute atomic E-state index is 10.8. The topological polar surface area (TPSA) is 19.9 Å². The van der Waals surface area contributed by atoms with E-state index in [-0.39, 0.29) is 4.83 Å². The Balaban J connectivity index is 3.17. The van der Waals surface area contributed by atoms with Crippen LogP contribution >= 0.6 is 15.9 Å². The largest absolute Gasteiger partial charge is 0.232 e. The average Bonchev–Trinajstić information content (AvgIpc) is 1.67. The molecule has 0 aliphatic carbocycles. The molecular formula is C6H12BrO. The molecule has 0 aromatic heterocycles. The zero-order valence-corrected chi connectivity index (χ0v) is 6.94. The van der Waals surface area contributed by atoms with Crippen molar-refractivity contribution in [3.8, 4) is 0 Å². The molecule has 2 atom stereocenters. The molecule has 0 spiro atoms. The van der Waals surface area contributed by atoms with Crippen molar-refractivity contribution >= 4 is 15.9 Å². The Bertz CT molecular complexity index is 54.5. The Morgan fingerprint density at radius 1 is 1.62 bits per heavy atom. The lowest BCUT2D eigenvalue weighted by Gasteiger charge is -2.07. The molecule has 1 nitrogen and oxygen atoms in total. The SMILES string of the molecule is CCCC([O])C(C)Br. The van der Waals surface area contributed by atoms with Gasteiger partial charge in [-0.2, -0.15) is 0 Å². The summed E-state index contributed by atoms with van der Waals surface area (Å²) in [5, 5.41) is 10.8. The van der Waals surface area contributed by atoms with Gasteiger partial charge in [-0.05, 0) is 6.42 Å². The average molecular weight is 180 g/mol. The van der Waals surface area contributed by atoms with Crippen LogP contribution in [0.1, 0.15) is 26.7 Å². The molecule has 0 fully saturated rings. The minimum Gasteiger partial charge on any atom is -0.232 e. The van der Waals surface area contributed by atoms with Gasteiger partial charge in [-0.25, -0.2) is 5.11 Å². The summed E-state index contributed by atoms with van der Waals surface area (Å²) in [6.45, 7) is 3.92. The lowest BCUT2D eigenvalue weighted by atomic mass is 10.2. The molecule has 0 saturated carbocycles. The quantitative estimate of drug-likeness (QED) is 0.594. The van der Waals surface area contributed by atoms with Gasteiger partial charge in [0, 0.05) is 4.83 Å². The zero-order chi connectivity index (χ0) is 6.57. The van der Waals surface area contributed by atoms with E-state index in [4.69, 9.17) is 0 Å². The molecule has 0 N–H and O–H groups in total. The van der Waals surface area contributed by atoms with E-state index in [0.29, 0.717) is 0 Å². The molecular weight excluding hydrogens is 168 g/mol. The van der Waals surface area contributed by atoms with Crippen LogP contribution in [0.3, 0.4) is 0 Å². The van der Waals surface area contributed by atoms with Gasteiger partial charge in [0.25, 0.3) is 0 Å². The van der Waals surface area contributed by atoms with Crippen molar-refractivity contribution in [2.45, 2.75) is 37.6 Å². The summed E-state index contributed by atoms with van der Waals surface area (Å²) in [4.78, 5) is 0.127. The Morgan fingerprint density at radius 2 is 2.12 bits per heavy atom. The molecule has 0 heterocycles. The first kappa shape index (κ1) is 8.44. The Hall–Kier alpha value is 0.440. The maximum atomic E-state index is 10.8. The summed E-state index contributed by atoms with van der Waals surface area (Å²) in [6.07, 6.45) is 1.36. The van der Waals surface area contributed by atoms with Crippen molar-refractivity contribution in [3.05, 3.63) is 0 Å². The van der Waals surface area contributed by atoms with E-state index in [0.717, 1.165) is 12.8 Å². The van der Waals surface area contributed by atoms with Gasteiger partial charge >= 0.3 is 0 Å². The second kappa shape index (κ2) is 4.33. The minimum absolute atomic E-state index is 0.127. The number of alkyl halides is 1. The van der Waals surface area contributed by atoms with Crippen LogP contribution in [0.4, 0.5) is 0 Å². The molecule has 0 amide bonds. The molecule has 0 bridgehead atoms. The molecule has 2 heteroatoms. The van der Waals surface area contributed by atoms with Crippen molar-refractivity contribution in [1.82, 2.24) is 0 Å². The monoisotopic (exact) mass is 179 g/mol. The second-order valence-corrected chi connectivity index (χ2v) is 3.45. The van der Waals surface area contributed by atoms with E-state index in [9.17, 15) is 5.11 Å². The summed E-state index contributed by atoms with van der Waals surface area (Å²) in [5.74, 6) is 0. The molecule has 0 aliphatic heterocycles. The van der Waals surface area contributed by atoms with E-state index in [2.05, 4.69) is 15.9 Å². The van der Waals surface area contributed by atoms with Gasteiger partial charge < -0.3 is 0 Å². The van der Waals surface area contributed by atoms with E-state index < -0.39 is 6.10 Å². The van der Waals surface area contributed by atoms with Gasteiger partial charge in [-0.15, -0.1) is 0 Å². The van der Waals surface area contributed by atoms with Crippen LogP contribution in [0.5, 0.6) is 0 Å². The van der Waals surface area contributed by atoms with Crippen LogP contribution in [0.25, 0.3) is 0 Å². The maximum Gasteiger partial charge on any atom is 0.105 e. The van der Waals surface area contributed by atoms with E-state index >= 15 is 0 Å². The number of halogens is 1. The van der Waals surface area contributed by atoms with Crippen LogP contribution in [0, 0.1) is 0 Å². The van der Waals surface area contributed by atoms with Gasteiger partial charge in [-0.1, -0.05) is 36.2 Å². The number of rotatable bonds is 3. The van der Waals surface area contributed by atoms with Crippen molar-refractivity contribution < 1.29 is 5.11 Å². The van der Waals surface area contributed by atoms with E-state index in [1.54, 1.807) is 0 Å². The third-order valence-corrected chi connectivity index (χ3v) is 1.68. The lowest BCUT2D eigenvalue weighted by molar-refractivity contribution is 0.0835. The van der Waals surface area contributed by atoms with Crippen LogP contribution in [0.15, 0.2) is 0 Å². The molecule has 0 saturated heterocycles. The van der Waals surface area contributed by atoms with Crippen LogP contribution in [-0.2, 0) is 5.11 Å². The fourth-order valence-corrected chi connectivity index (χ4v) is 0.779. The fourth-order valence-electron chi connectivity index (χ4n) is 0.514. The summed E-state index contributed by atoms with van der Waals surface area (Å²) >= 11 is 3.23. The first-order chi connectivity index (χ1) is 3.68. The Labute approximate surface area is 59.2 Å². The molecule has 8 heavy (non-hydrogen) atoms. The van der Waals surface area contributed by atoms with Crippen molar-refractivity contribution in [2.75, 3.05) is 0 Å². The molecule has 0 aromatic rings. The zero-order valence-electron chi connectivity index (χ0n) is 5.36. The normalized spacial score (nSPS) is 18.0. The first-order valence-corrected chi connectivity index (χ1v) is 3.90. The highest BCUT2D eigenvalue weighted by atomic mass is 79.9. The summed E-state index contributed by atoms with van der Waals surface area (Å²) in [5.41, 5.74) is 0. The highest BCUT2D eigenvalue weighted by Crippen LogP contribution is 2.09.